The monoisotopic (exact) mass is 303 g/mol. The molecule has 2 nitrogen and oxygen atoms in total. The molecule has 14 heavy (non-hydrogen) atoms. The van der Waals surface area contributed by atoms with Crippen molar-refractivity contribution >= 4 is 22.6 Å². The third-order valence-electron chi connectivity index (χ3n) is 2.67. The van der Waals surface area contributed by atoms with Gasteiger partial charge in [-0.1, -0.05) is 6.92 Å². The average molecular weight is 303 g/mol. The summed E-state index contributed by atoms with van der Waals surface area (Å²) >= 11 is 2.37. The van der Waals surface area contributed by atoms with Crippen LogP contribution in [0.1, 0.15) is 30.5 Å². The van der Waals surface area contributed by atoms with Crippen LogP contribution in [0.5, 0.6) is 5.75 Å². The summed E-state index contributed by atoms with van der Waals surface area (Å²) < 4.78 is 6.90. The van der Waals surface area contributed by atoms with Crippen molar-refractivity contribution in [3.05, 3.63) is 26.8 Å². The number of hydrogen-bond acceptors (Lipinski definition) is 2. The highest BCUT2D eigenvalue weighted by molar-refractivity contribution is 14.1. The highest BCUT2D eigenvalue weighted by Gasteiger charge is 2.22. The van der Waals surface area contributed by atoms with Gasteiger partial charge in [-0.05, 0) is 46.7 Å². The summed E-state index contributed by atoms with van der Waals surface area (Å²) in [5.41, 5.74) is 8.69. The second-order valence-corrected chi connectivity index (χ2v) is 4.70. The molecule has 1 aliphatic heterocycles. The second kappa shape index (κ2) is 4.06. The van der Waals surface area contributed by atoms with Crippen LogP contribution < -0.4 is 10.5 Å². The molecule has 0 bridgehead atoms. The molecular formula is C11H14INO. The first kappa shape index (κ1) is 10.2. The van der Waals surface area contributed by atoms with Crippen LogP contribution in [-0.4, -0.2) is 6.61 Å². The van der Waals surface area contributed by atoms with Gasteiger partial charge in [0.15, 0.2) is 0 Å². The van der Waals surface area contributed by atoms with Crippen LogP contribution in [-0.2, 0) is 6.42 Å². The molecule has 3 heteroatoms. The first-order valence-corrected chi connectivity index (χ1v) is 6.01. The molecule has 0 fully saturated rings. The summed E-state index contributed by atoms with van der Waals surface area (Å²) in [5, 5.41) is 0. The lowest BCUT2D eigenvalue weighted by Gasteiger charge is -2.26. The standard InChI is InChI=1S/C11H14INO/c1-2-7-8(12)3-4-10-11(7)9(13)5-6-14-10/h3-4,9H,2,5-6,13H2,1H3. The molecule has 0 amide bonds. The lowest BCUT2D eigenvalue weighted by atomic mass is 9.94. The van der Waals surface area contributed by atoms with E-state index in [1.807, 2.05) is 6.07 Å². The average Bonchev–Trinajstić information content (AvgIpc) is 2.19. The molecule has 1 aliphatic rings. The van der Waals surface area contributed by atoms with Crippen LogP contribution in [0.25, 0.3) is 0 Å². The Morgan fingerprint density at radius 1 is 1.57 bits per heavy atom. The zero-order valence-corrected chi connectivity index (χ0v) is 10.4. The Balaban J connectivity index is 2.57. The van der Waals surface area contributed by atoms with E-state index in [-0.39, 0.29) is 6.04 Å². The Hall–Kier alpha value is -0.290. The van der Waals surface area contributed by atoms with Gasteiger partial charge in [-0.25, -0.2) is 0 Å². The van der Waals surface area contributed by atoms with E-state index in [0.717, 1.165) is 25.2 Å². The molecule has 0 spiro atoms. The lowest BCUT2D eigenvalue weighted by molar-refractivity contribution is 0.268. The van der Waals surface area contributed by atoms with E-state index >= 15 is 0 Å². The van der Waals surface area contributed by atoms with Crippen molar-refractivity contribution < 1.29 is 4.74 Å². The third-order valence-corrected chi connectivity index (χ3v) is 3.68. The zero-order chi connectivity index (χ0) is 10.1. The minimum absolute atomic E-state index is 0.156. The smallest absolute Gasteiger partial charge is 0.124 e. The Morgan fingerprint density at radius 2 is 2.36 bits per heavy atom. The van der Waals surface area contributed by atoms with E-state index in [2.05, 4.69) is 35.6 Å². The SMILES string of the molecule is CCc1c(I)ccc2c1C(N)CCO2. The number of fused-ring (bicyclic) bond motifs is 1. The molecule has 1 unspecified atom stereocenters. The molecule has 0 radical (unpaired) electrons. The van der Waals surface area contributed by atoms with Crippen LogP contribution in [0, 0.1) is 3.57 Å². The summed E-state index contributed by atoms with van der Waals surface area (Å²) in [6.07, 6.45) is 1.96. The van der Waals surface area contributed by atoms with Crippen LogP contribution >= 0.6 is 22.6 Å². The molecule has 2 rings (SSSR count). The molecule has 0 saturated heterocycles. The molecular weight excluding hydrogens is 289 g/mol. The fourth-order valence-electron chi connectivity index (χ4n) is 1.95. The number of halogens is 1. The quantitative estimate of drug-likeness (QED) is 0.810. The van der Waals surface area contributed by atoms with Crippen molar-refractivity contribution in [1.82, 2.24) is 0 Å². The van der Waals surface area contributed by atoms with Crippen molar-refractivity contribution in [2.45, 2.75) is 25.8 Å². The molecule has 1 aromatic carbocycles. The van der Waals surface area contributed by atoms with Crippen molar-refractivity contribution in [2.24, 2.45) is 5.73 Å². The van der Waals surface area contributed by atoms with Gasteiger partial charge in [0, 0.05) is 21.6 Å². The summed E-state index contributed by atoms with van der Waals surface area (Å²) in [6, 6.07) is 4.30. The minimum Gasteiger partial charge on any atom is -0.493 e. The van der Waals surface area contributed by atoms with Crippen molar-refractivity contribution in [2.75, 3.05) is 6.61 Å². The molecule has 0 aromatic heterocycles. The number of hydrogen-bond donors (Lipinski definition) is 1. The van der Waals surface area contributed by atoms with E-state index in [0.29, 0.717) is 0 Å². The maximum atomic E-state index is 6.11. The largest absolute Gasteiger partial charge is 0.493 e. The Kier molecular flexibility index (Phi) is 2.97. The maximum absolute atomic E-state index is 6.11. The molecule has 76 valence electrons. The maximum Gasteiger partial charge on any atom is 0.124 e. The second-order valence-electron chi connectivity index (χ2n) is 3.53. The summed E-state index contributed by atoms with van der Waals surface area (Å²) in [4.78, 5) is 0. The fourth-order valence-corrected chi connectivity index (χ4v) is 2.80. The van der Waals surface area contributed by atoms with E-state index in [9.17, 15) is 0 Å². The molecule has 1 aromatic rings. The van der Waals surface area contributed by atoms with E-state index in [4.69, 9.17) is 10.5 Å². The molecule has 2 N–H and O–H groups in total. The number of nitrogens with two attached hydrogens (primary N) is 1. The molecule has 1 heterocycles. The summed E-state index contributed by atoms with van der Waals surface area (Å²) in [5.74, 6) is 0.987. The Labute approximate surface area is 98.0 Å². The highest BCUT2D eigenvalue weighted by atomic mass is 127. The van der Waals surface area contributed by atoms with Gasteiger partial charge in [0.25, 0.3) is 0 Å². The van der Waals surface area contributed by atoms with Gasteiger partial charge >= 0.3 is 0 Å². The number of ether oxygens (including phenoxy) is 1. The van der Waals surface area contributed by atoms with Gasteiger partial charge in [-0.2, -0.15) is 0 Å². The van der Waals surface area contributed by atoms with Gasteiger partial charge in [0.2, 0.25) is 0 Å². The third kappa shape index (κ3) is 1.63. The first-order valence-electron chi connectivity index (χ1n) is 4.93. The van der Waals surface area contributed by atoms with Crippen molar-refractivity contribution in [3.8, 4) is 5.75 Å². The summed E-state index contributed by atoms with van der Waals surface area (Å²) in [7, 11) is 0. The molecule has 1 atom stereocenters. The van der Waals surface area contributed by atoms with Gasteiger partial charge in [-0.3, -0.25) is 0 Å². The molecule has 0 saturated carbocycles. The van der Waals surface area contributed by atoms with E-state index in [1.54, 1.807) is 0 Å². The Bertz CT molecular complexity index is 351. The van der Waals surface area contributed by atoms with Gasteiger partial charge in [-0.15, -0.1) is 0 Å². The van der Waals surface area contributed by atoms with Crippen LogP contribution in [0.15, 0.2) is 12.1 Å². The normalized spacial score (nSPS) is 20.1. The van der Waals surface area contributed by atoms with Crippen LogP contribution in [0.2, 0.25) is 0 Å². The first-order chi connectivity index (χ1) is 6.74. The van der Waals surface area contributed by atoms with Crippen molar-refractivity contribution in [1.29, 1.82) is 0 Å². The van der Waals surface area contributed by atoms with Gasteiger partial charge in [0.05, 0.1) is 6.61 Å². The predicted octanol–water partition coefficient (Wildman–Crippen LogP) is 2.64. The number of rotatable bonds is 1. The summed E-state index contributed by atoms with van der Waals surface area (Å²) in [6.45, 7) is 2.91. The zero-order valence-electron chi connectivity index (χ0n) is 8.22. The van der Waals surface area contributed by atoms with E-state index < -0.39 is 0 Å². The minimum atomic E-state index is 0.156. The van der Waals surface area contributed by atoms with E-state index in [1.165, 1.54) is 14.7 Å². The van der Waals surface area contributed by atoms with Crippen molar-refractivity contribution in [3.63, 3.8) is 0 Å². The highest BCUT2D eigenvalue weighted by Crippen LogP contribution is 2.35. The fraction of sp³-hybridized carbons (Fsp3) is 0.455. The Morgan fingerprint density at radius 3 is 3.07 bits per heavy atom. The van der Waals surface area contributed by atoms with Gasteiger partial charge < -0.3 is 10.5 Å². The van der Waals surface area contributed by atoms with Crippen LogP contribution in [0.3, 0.4) is 0 Å². The number of benzene rings is 1. The van der Waals surface area contributed by atoms with Gasteiger partial charge in [0.1, 0.15) is 5.75 Å². The molecule has 0 aliphatic carbocycles. The lowest BCUT2D eigenvalue weighted by Crippen LogP contribution is -2.22. The van der Waals surface area contributed by atoms with Crippen LogP contribution in [0.4, 0.5) is 0 Å². The predicted molar refractivity (Wildman–Crippen MR) is 65.6 cm³/mol. The topological polar surface area (TPSA) is 35.2 Å².